The van der Waals surface area contributed by atoms with Gasteiger partial charge in [-0.25, -0.2) is 22.0 Å². The Labute approximate surface area is 189 Å². The highest BCUT2D eigenvalue weighted by atomic mass is 19.2. The summed E-state index contributed by atoms with van der Waals surface area (Å²) in [6, 6.07) is 7.55. The summed E-state index contributed by atoms with van der Waals surface area (Å²) in [6.07, 6.45) is 4.77. The summed E-state index contributed by atoms with van der Waals surface area (Å²) in [5.41, 5.74) is 0.577. The van der Waals surface area contributed by atoms with Gasteiger partial charge in [0.2, 0.25) is 0 Å². The molecule has 0 unspecified atom stereocenters. The second-order valence-electron chi connectivity index (χ2n) is 8.53. The van der Waals surface area contributed by atoms with Gasteiger partial charge in [-0.05, 0) is 85.2 Å². The van der Waals surface area contributed by atoms with E-state index in [4.69, 9.17) is 4.74 Å². The average Bonchev–Trinajstić information content (AvgIpc) is 2.81. The molecule has 3 aromatic rings. The summed E-state index contributed by atoms with van der Waals surface area (Å²) in [7, 11) is 1.68. The highest BCUT2D eigenvalue weighted by molar-refractivity contribution is 5.84. The SMILES string of the molecule is COCCC1CCC(c2cc(F)c(C#Cc3ccc4c(F)c(F)c(F)cc4c3)c(F)c2)CC1. The van der Waals surface area contributed by atoms with Crippen molar-refractivity contribution in [1.82, 2.24) is 0 Å². The van der Waals surface area contributed by atoms with E-state index in [-0.39, 0.29) is 22.3 Å². The predicted molar refractivity (Wildman–Crippen MR) is 117 cm³/mol. The zero-order chi connectivity index (χ0) is 23.5. The Bertz CT molecular complexity index is 1210. The second-order valence-corrected chi connectivity index (χ2v) is 8.53. The van der Waals surface area contributed by atoms with Crippen molar-refractivity contribution in [2.45, 2.75) is 38.0 Å². The molecular weight excluding hydrogens is 435 g/mol. The predicted octanol–water partition coefficient (Wildman–Crippen LogP) is 7.25. The number of hydrogen-bond donors (Lipinski definition) is 0. The topological polar surface area (TPSA) is 9.23 Å². The third-order valence-corrected chi connectivity index (χ3v) is 6.42. The van der Waals surface area contributed by atoms with Gasteiger partial charge in [0.1, 0.15) is 11.6 Å². The molecule has 0 N–H and O–H groups in total. The van der Waals surface area contributed by atoms with Gasteiger partial charge >= 0.3 is 0 Å². The Morgan fingerprint density at radius 2 is 1.52 bits per heavy atom. The van der Waals surface area contributed by atoms with Crippen LogP contribution >= 0.6 is 0 Å². The molecular formula is C27H23F5O. The molecule has 0 heterocycles. The molecule has 1 saturated carbocycles. The fraction of sp³-hybridized carbons (Fsp3) is 0.333. The first kappa shape index (κ1) is 23.3. The molecule has 4 rings (SSSR count). The molecule has 1 fully saturated rings. The lowest BCUT2D eigenvalue weighted by atomic mass is 9.77. The van der Waals surface area contributed by atoms with Gasteiger partial charge in [-0.15, -0.1) is 0 Å². The molecule has 0 amide bonds. The van der Waals surface area contributed by atoms with Gasteiger partial charge in [0.05, 0.1) is 5.56 Å². The minimum atomic E-state index is -1.55. The van der Waals surface area contributed by atoms with Crippen LogP contribution in [0.4, 0.5) is 22.0 Å². The standard InChI is InChI=1S/C27H23F5O/c1-33-11-10-16-2-6-18(7-3-16)19-13-23(28)22(24(29)14-19)9-5-17-4-8-21-20(12-17)15-25(30)27(32)26(21)31/h4,8,12-16,18H,2-3,6-7,10-11H2,1H3. The minimum Gasteiger partial charge on any atom is -0.385 e. The van der Waals surface area contributed by atoms with Crippen LogP contribution in [-0.2, 0) is 4.74 Å². The highest BCUT2D eigenvalue weighted by Crippen LogP contribution is 2.38. The van der Waals surface area contributed by atoms with E-state index in [2.05, 4.69) is 11.8 Å². The van der Waals surface area contributed by atoms with Crippen molar-refractivity contribution >= 4 is 10.8 Å². The van der Waals surface area contributed by atoms with E-state index in [1.807, 2.05) is 0 Å². The third kappa shape index (κ3) is 5.04. The Morgan fingerprint density at radius 1 is 0.818 bits per heavy atom. The lowest BCUT2D eigenvalue weighted by Gasteiger charge is -2.28. The summed E-state index contributed by atoms with van der Waals surface area (Å²) >= 11 is 0. The monoisotopic (exact) mass is 458 g/mol. The molecule has 6 heteroatoms. The Balaban J connectivity index is 1.54. The number of fused-ring (bicyclic) bond motifs is 1. The largest absolute Gasteiger partial charge is 0.385 e. The molecule has 0 radical (unpaired) electrons. The Kier molecular flexibility index (Phi) is 6.99. The zero-order valence-electron chi connectivity index (χ0n) is 18.2. The molecule has 0 aromatic heterocycles. The second kappa shape index (κ2) is 9.93. The lowest BCUT2D eigenvalue weighted by Crippen LogP contribution is -2.15. The lowest BCUT2D eigenvalue weighted by molar-refractivity contribution is 0.163. The highest BCUT2D eigenvalue weighted by Gasteiger charge is 2.24. The van der Waals surface area contributed by atoms with E-state index in [0.717, 1.165) is 44.8 Å². The number of halogens is 5. The van der Waals surface area contributed by atoms with E-state index in [9.17, 15) is 22.0 Å². The molecule has 1 nitrogen and oxygen atoms in total. The van der Waals surface area contributed by atoms with Crippen LogP contribution < -0.4 is 0 Å². The van der Waals surface area contributed by atoms with Crippen LogP contribution in [0.2, 0.25) is 0 Å². The van der Waals surface area contributed by atoms with Crippen LogP contribution in [-0.4, -0.2) is 13.7 Å². The van der Waals surface area contributed by atoms with Crippen molar-refractivity contribution in [1.29, 1.82) is 0 Å². The average molecular weight is 458 g/mol. The molecule has 0 saturated heterocycles. The van der Waals surface area contributed by atoms with E-state index in [1.54, 1.807) is 7.11 Å². The number of ether oxygens (including phenoxy) is 1. The van der Waals surface area contributed by atoms with Crippen LogP contribution in [0.15, 0.2) is 36.4 Å². The molecule has 0 bridgehead atoms. The van der Waals surface area contributed by atoms with Crippen molar-refractivity contribution in [2.75, 3.05) is 13.7 Å². The van der Waals surface area contributed by atoms with Crippen molar-refractivity contribution in [3.8, 4) is 11.8 Å². The van der Waals surface area contributed by atoms with Crippen LogP contribution in [0, 0.1) is 46.8 Å². The number of rotatable bonds is 4. The molecule has 1 aliphatic carbocycles. The summed E-state index contributed by atoms with van der Waals surface area (Å²) in [6.45, 7) is 0.726. The maximum absolute atomic E-state index is 14.7. The van der Waals surface area contributed by atoms with Gasteiger partial charge < -0.3 is 4.74 Å². The first-order valence-corrected chi connectivity index (χ1v) is 10.9. The van der Waals surface area contributed by atoms with Crippen LogP contribution in [0.5, 0.6) is 0 Å². The molecule has 3 aromatic carbocycles. The van der Waals surface area contributed by atoms with Gasteiger partial charge in [-0.1, -0.05) is 17.9 Å². The molecule has 33 heavy (non-hydrogen) atoms. The van der Waals surface area contributed by atoms with Gasteiger partial charge in [0.15, 0.2) is 17.5 Å². The fourth-order valence-corrected chi connectivity index (χ4v) is 4.53. The van der Waals surface area contributed by atoms with E-state index in [0.29, 0.717) is 17.0 Å². The molecule has 0 spiro atoms. The van der Waals surface area contributed by atoms with Crippen molar-refractivity contribution in [3.05, 3.63) is 82.2 Å². The van der Waals surface area contributed by atoms with Crippen LogP contribution in [0.25, 0.3) is 10.8 Å². The van der Waals surface area contributed by atoms with Gasteiger partial charge in [0, 0.05) is 24.7 Å². The number of benzene rings is 3. The minimum absolute atomic E-state index is 0.0990. The fourth-order valence-electron chi connectivity index (χ4n) is 4.53. The van der Waals surface area contributed by atoms with Gasteiger partial charge in [0.25, 0.3) is 0 Å². The van der Waals surface area contributed by atoms with E-state index < -0.39 is 29.1 Å². The Hall–Kier alpha value is -2.91. The van der Waals surface area contributed by atoms with E-state index in [1.165, 1.54) is 30.3 Å². The Morgan fingerprint density at radius 3 is 2.18 bits per heavy atom. The first-order chi connectivity index (χ1) is 15.9. The van der Waals surface area contributed by atoms with Crippen LogP contribution in [0.1, 0.15) is 54.7 Å². The molecule has 0 atom stereocenters. The maximum Gasteiger partial charge on any atom is 0.195 e. The van der Waals surface area contributed by atoms with Crippen LogP contribution in [0.3, 0.4) is 0 Å². The molecule has 0 aliphatic heterocycles. The molecule has 1 aliphatic rings. The summed E-state index contributed by atoms with van der Waals surface area (Å²) in [5, 5.41) is 0.00805. The summed E-state index contributed by atoms with van der Waals surface area (Å²) in [5.74, 6) is 0.193. The maximum atomic E-state index is 14.7. The third-order valence-electron chi connectivity index (χ3n) is 6.42. The normalized spacial score (nSPS) is 18.2. The van der Waals surface area contributed by atoms with E-state index >= 15 is 0 Å². The van der Waals surface area contributed by atoms with Gasteiger partial charge in [-0.3, -0.25) is 0 Å². The smallest absolute Gasteiger partial charge is 0.195 e. The van der Waals surface area contributed by atoms with Crippen molar-refractivity contribution in [3.63, 3.8) is 0 Å². The zero-order valence-corrected chi connectivity index (χ0v) is 18.2. The van der Waals surface area contributed by atoms with Gasteiger partial charge in [-0.2, -0.15) is 0 Å². The first-order valence-electron chi connectivity index (χ1n) is 10.9. The summed E-state index contributed by atoms with van der Waals surface area (Å²) < 4.78 is 75.3. The quantitative estimate of drug-likeness (QED) is 0.227. The number of hydrogen-bond acceptors (Lipinski definition) is 1. The van der Waals surface area contributed by atoms with Crippen molar-refractivity contribution in [2.24, 2.45) is 5.92 Å². The van der Waals surface area contributed by atoms with Crippen molar-refractivity contribution < 1.29 is 26.7 Å². The molecule has 172 valence electrons. The summed E-state index contributed by atoms with van der Waals surface area (Å²) in [4.78, 5) is 0. The number of methoxy groups -OCH3 is 1.